The van der Waals surface area contributed by atoms with Crippen LogP contribution in [0.2, 0.25) is 5.02 Å². The lowest BCUT2D eigenvalue weighted by Crippen LogP contribution is -2.34. The molecule has 14 heavy (non-hydrogen) atoms. The Hall–Kier alpha value is -0.800. The topological polar surface area (TPSA) is 15.3 Å². The van der Waals surface area contributed by atoms with E-state index in [1.807, 2.05) is 44.1 Å². The van der Waals surface area contributed by atoms with E-state index in [-0.39, 0.29) is 0 Å². The first kappa shape index (κ1) is 11.3. The Labute approximate surface area is 94.9 Å². The van der Waals surface area contributed by atoms with Crippen LogP contribution < -0.4 is 10.2 Å². The molecule has 0 aromatic heterocycles. The summed E-state index contributed by atoms with van der Waals surface area (Å²) in [5, 5.41) is 4.37. The molecule has 0 heterocycles. The van der Waals surface area contributed by atoms with Crippen molar-refractivity contribution in [3.8, 4) is 0 Å². The number of anilines is 1. The van der Waals surface area contributed by atoms with Crippen molar-refractivity contribution < 1.29 is 0 Å². The van der Waals surface area contributed by atoms with Gasteiger partial charge in [-0.1, -0.05) is 11.6 Å². The number of nitrogens with one attached hydrogen (secondary N) is 1. The third-order valence-electron chi connectivity index (χ3n) is 2.04. The molecule has 0 bridgehead atoms. The second-order valence-corrected chi connectivity index (χ2v) is 3.87. The Morgan fingerprint density at radius 1 is 1.50 bits per heavy atom. The first-order valence-corrected chi connectivity index (χ1v) is 5.06. The summed E-state index contributed by atoms with van der Waals surface area (Å²) < 4.78 is 0. The van der Waals surface area contributed by atoms with Gasteiger partial charge in [0.1, 0.15) is 0 Å². The van der Waals surface area contributed by atoms with Crippen LogP contribution in [0.5, 0.6) is 0 Å². The van der Waals surface area contributed by atoms with Crippen LogP contribution in [0, 0.1) is 6.92 Å². The van der Waals surface area contributed by atoms with Gasteiger partial charge < -0.3 is 10.2 Å². The molecule has 1 rings (SSSR count). The molecule has 76 valence electrons. The number of halogens is 1. The zero-order valence-corrected chi connectivity index (χ0v) is 10.0. The van der Waals surface area contributed by atoms with Gasteiger partial charge in [-0.05, 0) is 42.9 Å². The van der Waals surface area contributed by atoms with E-state index in [9.17, 15) is 0 Å². The Kier molecular flexibility index (Phi) is 3.72. The maximum atomic E-state index is 5.87. The second kappa shape index (κ2) is 4.62. The van der Waals surface area contributed by atoms with Crippen molar-refractivity contribution in [3.05, 3.63) is 28.8 Å². The maximum Gasteiger partial charge on any atom is 0.172 e. The van der Waals surface area contributed by atoms with Gasteiger partial charge in [0.25, 0.3) is 0 Å². The zero-order chi connectivity index (χ0) is 10.7. The van der Waals surface area contributed by atoms with E-state index in [4.69, 9.17) is 23.8 Å². The van der Waals surface area contributed by atoms with Crippen molar-refractivity contribution >= 4 is 34.6 Å². The van der Waals surface area contributed by atoms with Crippen LogP contribution in [0.4, 0.5) is 5.69 Å². The highest BCUT2D eigenvalue weighted by Crippen LogP contribution is 2.22. The molecular formula is C10H13ClN2S. The minimum absolute atomic E-state index is 0.690. The third kappa shape index (κ3) is 2.36. The van der Waals surface area contributed by atoms with E-state index in [2.05, 4.69) is 5.32 Å². The van der Waals surface area contributed by atoms with Crippen molar-refractivity contribution in [2.75, 3.05) is 19.0 Å². The van der Waals surface area contributed by atoms with Gasteiger partial charge in [0.2, 0.25) is 0 Å². The van der Waals surface area contributed by atoms with Gasteiger partial charge in [-0.2, -0.15) is 0 Å². The van der Waals surface area contributed by atoms with E-state index in [1.165, 1.54) is 0 Å². The lowest BCUT2D eigenvalue weighted by molar-refractivity contribution is 1.11. The van der Waals surface area contributed by atoms with E-state index < -0.39 is 0 Å². The summed E-state index contributed by atoms with van der Waals surface area (Å²) >= 11 is 11.0. The van der Waals surface area contributed by atoms with Crippen molar-refractivity contribution in [1.82, 2.24) is 5.32 Å². The molecule has 0 atom stereocenters. The molecule has 0 saturated heterocycles. The predicted molar refractivity (Wildman–Crippen MR) is 66.2 cm³/mol. The third-order valence-corrected chi connectivity index (χ3v) is 2.75. The van der Waals surface area contributed by atoms with Crippen molar-refractivity contribution in [1.29, 1.82) is 0 Å². The van der Waals surface area contributed by atoms with Gasteiger partial charge >= 0.3 is 0 Å². The summed E-state index contributed by atoms with van der Waals surface area (Å²) in [7, 11) is 3.74. The van der Waals surface area contributed by atoms with E-state index in [1.54, 1.807) is 0 Å². The molecule has 0 saturated carbocycles. The molecule has 0 aliphatic heterocycles. The molecule has 0 amide bonds. The fraction of sp³-hybridized carbons (Fsp3) is 0.300. The first-order chi connectivity index (χ1) is 6.56. The van der Waals surface area contributed by atoms with Crippen LogP contribution >= 0.6 is 23.8 Å². The minimum atomic E-state index is 0.690. The number of hydrogen-bond acceptors (Lipinski definition) is 1. The lowest BCUT2D eigenvalue weighted by atomic mass is 10.2. The van der Waals surface area contributed by atoms with Gasteiger partial charge in [0, 0.05) is 24.8 Å². The normalized spacial score (nSPS) is 9.71. The molecule has 0 aliphatic carbocycles. The first-order valence-electron chi connectivity index (χ1n) is 4.28. The van der Waals surface area contributed by atoms with Gasteiger partial charge in [0.15, 0.2) is 5.11 Å². The number of thiocarbonyl (C=S) groups is 1. The van der Waals surface area contributed by atoms with Crippen LogP contribution in [0.15, 0.2) is 18.2 Å². The second-order valence-electron chi connectivity index (χ2n) is 3.04. The van der Waals surface area contributed by atoms with Crippen LogP contribution in [0.25, 0.3) is 0 Å². The van der Waals surface area contributed by atoms with E-state index >= 15 is 0 Å². The SMILES string of the molecule is CNC(=S)N(C)c1ccc(Cl)cc1C. The molecule has 0 unspecified atom stereocenters. The van der Waals surface area contributed by atoms with Gasteiger partial charge in [-0.15, -0.1) is 0 Å². The van der Waals surface area contributed by atoms with Crippen LogP contribution in [-0.2, 0) is 0 Å². The molecule has 0 spiro atoms. The molecule has 0 fully saturated rings. The highest BCUT2D eigenvalue weighted by atomic mass is 35.5. The number of nitrogens with zero attached hydrogens (tertiary/aromatic N) is 1. The average molecular weight is 229 g/mol. The van der Waals surface area contributed by atoms with Crippen LogP contribution in [-0.4, -0.2) is 19.2 Å². The Morgan fingerprint density at radius 2 is 2.14 bits per heavy atom. The lowest BCUT2D eigenvalue weighted by Gasteiger charge is -2.21. The average Bonchev–Trinajstić information content (AvgIpc) is 2.15. The van der Waals surface area contributed by atoms with Gasteiger partial charge in [-0.3, -0.25) is 0 Å². The van der Waals surface area contributed by atoms with E-state index in [0.29, 0.717) is 5.11 Å². The van der Waals surface area contributed by atoms with Crippen LogP contribution in [0.1, 0.15) is 5.56 Å². The minimum Gasteiger partial charge on any atom is -0.365 e. The molecule has 1 aromatic carbocycles. The summed E-state index contributed by atoms with van der Waals surface area (Å²) in [4.78, 5) is 1.92. The summed E-state index contributed by atoms with van der Waals surface area (Å²) in [6.07, 6.45) is 0. The molecule has 1 aromatic rings. The zero-order valence-electron chi connectivity index (χ0n) is 8.47. The predicted octanol–water partition coefficient (Wildman–Crippen LogP) is 2.59. The summed E-state index contributed by atoms with van der Waals surface area (Å²) in [6.45, 7) is 2.01. The molecular weight excluding hydrogens is 216 g/mol. The molecule has 4 heteroatoms. The Bertz CT molecular complexity index is 352. The number of aryl methyl sites for hydroxylation is 1. The van der Waals surface area contributed by atoms with Crippen LogP contribution in [0.3, 0.4) is 0 Å². The van der Waals surface area contributed by atoms with Gasteiger partial charge in [-0.25, -0.2) is 0 Å². The van der Waals surface area contributed by atoms with Gasteiger partial charge in [0.05, 0.1) is 0 Å². The quantitative estimate of drug-likeness (QED) is 0.744. The standard InChI is InChI=1S/C10H13ClN2S/c1-7-6-8(11)4-5-9(7)13(3)10(14)12-2/h4-6H,1-3H3,(H,12,14). The molecule has 1 N–H and O–H groups in total. The Morgan fingerprint density at radius 3 is 2.64 bits per heavy atom. The molecule has 0 aliphatic rings. The summed E-state index contributed by atoms with van der Waals surface area (Å²) in [5.41, 5.74) is 2.17. The largest absolute Gasteiger partial charge is 0.365 e. The summed E-state index contributed by atoms with van der Waals surface area (Å²) in [5.74, 6) is 0. The Balaban J connectivity index is 3.01. The number of rotatable bonds is 1. The van der Waals surface area contributed by atoms with Crippen molar-refractivity contribution in [3.63, 3.8) is 0 Å². The smallest absolute Gasteiger partial charge is 0.172 e. The van der Waals surface area contributed by atoms with Crippen molar-refractivity contribution in [2.24, 2.45) is 0 Å². The fourth-order valence-electron chi connectivity index (χ4n) is 1.27. The molecule has 2 nitrogen and oxygen atoms in total. The van der Waals surface area contributed by atoms with E-state index in [0.717, 1.165) is 16.3 Å². The number of hydrogen-bond donors (Lipinski definition) is 1. The fourth-order valence-corrected chi connectivity index (χ4v) is 1.60. The summed E-state index contributed by atoms with van der Waals surface area (Å²) in [6, 6.07) is 5.74. The molecule has 0 radical (unpaired) electrons. The van der Waals surface area contributed by atoms with Crippen molar-refractivity contribution in [2.45, 2.75) is 6.92 Å². The number of benzene rings is 1. The highest BCUT2D eigenvalue weighted by molar-refractivity contribution is 7.80. The highest BCUT2D eigenvalue weighted by Gasteiger charge is 2.07. The maximum absolute atomic E-state index is 5.87. The monoisotopic (exact) mass is 228 g/mol.